The smallest absolute Gasteiger partial charge is 0.453 e. The summed E-state index contributed by atoms with van der Waals surface area (Å²) in [6, 6.07) is 14.2. The van der Waals surface area contributed by atoms with E-state index < -0.39 is 18.1 Å². The zero-order chi connectivity index (χ0) is 25.0. The molecule has 1 aromatic heterocycles. The van der Waals surface area contributed by atoms with Crippen molar-refractivity contribution in [1.82, 2.24) is 30.4 Å². The lowest BCUT2D eigenvalue weighted by molar-refractivity contribution is -0.146. The highest BCUT2D eigenvalue weighted by molar-refractivity contribution is 5.65. The molecule has 2 aromatic carbocycles. The number of nitrogens with zero attached hydrogens (tertiary/aromatic N) is 5. The summed E-state index contributed by atoms with van der Waals surface area (Å²) < 4.78 is 46.3. The number of benzene rings is 2. The van der Waals surface area contributed by atoms with Crippen LogP contribution >= 0.6 is 0 Å². The van der Waals surface area contributed by atoms with Crippen LogP contribution in [0, 0.1) is 0 Å². The molecule has 186 valence electrons. The Morgan fingerprint density at radius 2 is 2.00 bits per heavy atom. The van der Waals surface area contributed by atoms with Crippen molar-refractivity contribution in [3.8, 4) is 11.4 Å². The number of piperidine rings is 1. The lowest BCUT2D eigenvalue weighted by Crippen LogP contribution is -2.49. The number of amides is 1. The molecule has 0 saturated carbocycles. The molecule has 0 radical (unpaired) electrons. The monoisotopic (exact) mass is 490 g/mol. The highest BCUT2D eigenvalue weighted by Crippen LogP contribution is 2.31. The Bertz CT molecular complexity index is 1150. The summed E-state index contributed by atoms with van der Waals surface area (Å²) in [7, 11) is 0. The van der Waals surface area contributed by atoms with Gasteiger partial charge in [0.15, 0.2) is 0 Å². The van der Waals surface area contributed by atoms with Crippen molar-refractivity contribution in [2.24, 2.45) is 0 Å². The quantitative estimate of drug-likeness (QED) is 0.520. The van der Waals surface area contributed by atoms with E-state index in [1.165, 1.54) is 11.0 Å². The molecule has 2 heterocycles. The van der Waals surface area contributed by atoms with Gasteiger partial charge >= 0.3 is 12.3 Å². The summed E-state index contributed by atoms with van der Waals surface area (Å²) in [5.74, 6) is -0.772. The van der Waals surface area contributed by atoms with E-state index in [9.17, 15) is 23.1 Å². The van der Waals surface area contributed by atoms with Gasteiger partial charge in [0.2, 0.25) is 0 Å². The Morgan fingerprint density at radius 3 is 2.69 bits per heavy atom. The van der Waals surface area contributed by atoms with Crippen LogP contribution in [0.3, 0.4) is 0 Å². The molecule has 1 aliphatic rings. The Morgan fingerprint density at radius 1 is 1.23 bits per heavy atom. The van der Waals surface area contributed by atoms with Crippen molar-refractivity contribution in [1.29, 1.82) is 0 Å². The van der Waals surface area contributed by atoms with Gasteiger partial charge in [0.25, 0.3) is 5.82 Å². The molecule has 0 spiro atoms. The zero-order valence-electron chi connectivity index (χ0n) is 18.9. The fourth-order valence-corrected chi connectivity index (χ4v) is 4.32. The van der Waals surface area contributed by atoms with Crippen LogP contribution in [-0.4, -0.2) is 62.0 Å². The van der Waals surface area contributed by atoms with Crippen molar-refractivity contribution in [3.05, 3.63) is 65.5 Å². The summed E-state index contributed by atoms with van der Waals surface area (Å²) in [6.45, 7) is 3.23. The van der Waals surface area contributed by atoms with Gasteiger partial charge in [-0.05, 0) is 47.5 Å². The summed E-state index contributed by atoms with van der Waals surface area (Å²) in [5, 5.41) is 22.8. The van der Waals surface area contributed by atoms with Crippen LogP contribution in [0.15, 0.2) is 48.5 Å². The van der Waals surface area contributed by atoms with E-state index in [1.54, 1.807) is 12.1 Å². The fourth-order valence-electron chi connectivity index (χ4n) is 4.32. The van der Waals surface area contributed by atoms with E-state index in [1.807, 2.05) is 37.3 Å². The van der Waals surface area contributed by atoms with Crippen molar-refractivity contribution in [3.63, 3.8) is 0 Å². The number of rotatable bonds is 7. The molecule has 1 amide bonds. The first-order valence-electron chi connectivity index (χ1n) is 11.2. The summed E-state index contributed by atoms with van der Waals surface area (Å²) in [5.41, 5.74) is 1.81. The van der Waals surface area contributed by atoms with Gasteiger partial charge in [0.1, 0.15) is 5.75 Å². The molecule has 1 saturated heterocycles. The largest absolute Gasteiger partial charge is 0.494 e. The molecule has 2 N–H and O–H groups in total. The third kappa shape index (κ3) is 5.53. The van der Waals surface area contributed by atoms with Crippen molar-refractivity contribution >= 4 is 6.09 Å². The number of carboxylic acid groups (broad SMARTS) is 1. The van der Waals surface area contributed by atoms with Crippen LogP contribution in [0.4, 0.5) is 18.0 Å². The van der Waals surface area contributed by atoms with E-state index in [0.717, 1.165) is 5.56 Å². The van der Waals surface area contributed by atoms with E-state index >= 15 is 0 Å². The molecule has 0 bridgehead atoms. The maximum absolute atomic E-state index is 13.3. The molecule has 9 nitrogen and oxygen atoms in total. The first-order valence-corrected chi connectivity index (χ1v) is 11.2. The zero-order valence-corrected chi connectivity index (χ0v) is 18.9. The molecule has 1 aliphatic heterocycles. The molecule has 0 aliphatic carbocycles. The summed E-state index contributed by atoms with van der Waals surface area (Å²) >= 11 is 0. The van der Waals surface area contributed by atoms with E-state index in [2.05, 4.69) is 20.8 Å². The number of halogens is 3. The van der Waals surface area contributed by atoms with Crippen molar-refractivity contribution in [2.45, 2.75) is 38.0 Å². The minimum Gasteiger partial charge on any atom is -0.494 e. The summed E-state index contributed by atoms with van der Waals surface area (Å²) in [4.78, 5) is 13.0. The Kier molecular flexibility index (Phi) is 7.20. The standard InChI is InChI=1S/C23H25F3N6O3/c1-2-35-20-9-8-17(32-21(23(24,25)26)28-29-30-32)12-16(20)13-27-19-10-11-31(22(33)34)14-18(19)15-6-4-3-5-7-15/h3-9,12,18-19,27H,2,10-11,13-14H2,1H3,(H,33,34). The third-order valence-corrected chi connectivity index (χ3v) is 5.98. The molecule has 1 fully saturated rings. The highest BCUT2D eigenvalue weighted by atomic mass is 19.4. The number of aromatic nitrogens is 4. The lowest BCUT2D eigenvalue weighted by atomic mass is 9.86. The number of carbonyl (C=O) groups is 1. The predicted molar refractivity (Wildman–Crippen MR) is 119 cm³/mol. The molecule has 12 heteroatoms. The van der Waals surface area contributed by atoms with Crippen molar-refractivity contribution in [2.75, 3.05) is 19.7 Å². The molecule has 4 rings (SSSR count). The number of nitrogens with one attached hydrogen (secondary N) is 1. The molecule has 2 unspecified atom stereocenters. The van der Waals surface area contributed by atoms with Crippen LogP contribution < -0.4 is 10.1 Å². The average Bonchev–Trinajstić information content (AvgIpc) is 3.35. The Labute approximate surface area is 199 Å². The number of hydrogen-bond acceptors (Lipinski definition) is 6. The maximum Gasteiger partial charge on any atom is 0.453 e. The number of tetrazole rings is 1. The number of alkyl halides is 3. The van der Waals surface area contributed by atoms with Gasteiger partial charge in [-0.3, -0.25) is 0 Å². The Balaban J connectivity index is 1.59. The Hall–Kier alpha value is -3.67. The fraction of sp³-hybridized carbons (Fsp3) is 0.391. The minimum absolute atomic E-state index is 0.0510. The van der Waals surface area contributed by atoms with Crippen molar-refractivity contribution < 1.29 is 27.8 Å². The van der Waals surface area contributed by atoms with Gasteiger partial charge in [-0.1, -0.05) is 30.3 Å². The normalized spacial score (nSPS) is 18.5. The minimum atomic E-state index is -4.71. The van der Waals surface area contributed by atoms with Gasteiger partial charge in [-0.2, -0.15) is 17.9 Å². The number of ether oxygens (including phenoxy) is 1. The van der Waals surface area contributed by atoms with Crippen LogP contribution in [0.5, 0.6) is 5.75 Å². The molecular weight excluding hydrogens is 465 g/mol. The van der Waals surface area contributed by atoms with Crippen LogP contribution in [0.2, 0.25) is 0 Å². The second-order valence-corrected chi connectivity index (χ2v) is 8.16. The van der Waals surface area contributed by atoms with Gasteiger partial charge in [0, 0.05) is 37.2 Å². The van der Waals surface area contributed by atoms with E-state index in [-0.39, 0.29) is 17.6 Å². The third-order valence-electron chi connectivity index (χ3n) is 5.98. The average molecular weight is 490 g/mol. The van der Waals surface area contributed by atoms with Gasteiger partial charge in [-0.15, -0.1) is 5.10 Å². The summed E-state index contributed by atoms with van der Waals surface area (Å²) in [6.07, 6.45) is -5.08. The predicted octanol–water partition coefficient (Wildman–Crippen LogP) is 3.71. The number of hydrogen-bond donors (Lipinski definition) is 2. The maximum atomic E-state index is 13.3. The molecule has 3 aromatic rings. The van der Waals surface area contributed by atoms with E-state index in [0.29, 0.717) is 48.7 Å². The second kappa shape index (κ2) is 10.3. The van der Waals surface area contributed by atoms with Gasteiger partial charge in [-0.25, -0.2) is 4.79 Å². The van der Waals surface area contributed by atoms with Gasteiger partial charge in [0.05, 0.1) is 12.3 Å². The topological polar surface area (TPSA) is 105 Å². The molecule has 2 atom stereocenters. The van der Waals surface area contributed by atoms with Crippen LogP contribution in [-0.2, 0) is 12.7 Å². The first-order chi connectivity index (χ1) is 16.8. The van der Waals surface area contributed by atoms with E-state index in [4.69, 9.17) is 4.74 Å². The highest BCUT2D eigenvalue weighted by Gasteiger charge is 2.38. The second-order valence-electron chi connectivity index (χ2n) is 8.16. The van der Waals surface area contributed by atoms with Gasteiger partial charge < -0.3 is 20.1 Å². The van der Waals surface area contributed by atoms with Crippen LogP contribution in [0.1, 0.15) is 36.2 Å². The first kappa shape index (κ1) is 24.5. The number of likely N-dealkylation sites (tertiary alicyclic amines) is 1. The molecular formula is C23H25F3N6O3. The lowest BCUT2D eigenvalue weighted by Gasteiger charge is -2.38. The van der Waals surface area contributed by atoms with Crippen LogP contribution in [0.25, 0.3) is 5.69 Å². The molecule has 35 heavy (non-hydrogen) atoms. The SMILES string of the molecule is CCOc1ccc(-n2nnnc2C(F)(F)F)cc1CNC1CCN(C(=O)O)CC1c1ccccc1.